The first-order valence-corrected chi connectivity index (χ1v) is 6.79. The van der Waals surface area contributed by atoms with Gasteiger partial charge in [-0.2, -0.15) is 5.10 Å². The standard InChI is InChI=1S/C15H12Cl2N2O2/c1-21-11-7-5-10(6-8-11)15(20)19-18-9-12-13(16)3-2-4-14(12)17/h2-9H,1H3,(H,19,20)/b18-9-. The number of halogens is 2. The van der Waals surface area contributed by atoms with Crippen LogP contribution in [-0.2, 0) is 0 Å². The second-order valence-electron chi connectivity index (χ2n) is 4.06. The zero-order valence-corrected chi connectivity index (χ0v) is 12.7. The van der Waals surface area contributed by atoms with Gasteiger partial charge in [-0.3, -0.25) is 4.79 Å². The van der Waals surface area contributed by atoms with Crippen molar-refractivity contribution in [3.05, 3.63) is 63.6 Å². The van der Waals surface area contributed by atoms with E-state index in [1.807, 2.05) is 0 Å². The Bertz CT molecular complexity index is 650. The van der Waals surface area contributed by atoms with Gasteiger partial charge in [0.2, 0.25) is 0 Å². The van der Waals surface area contributed by atoms with Crippen LogP contribution >= 0.6 is 23.2 Å². The van der Waals surface area contributed by atoms with Gasteiger partial charge in [0, 0.05) is 11.1 Å². The van der Waals surface area contributed by atoms with Gasteiger partial charge in [0.25, 0.3) is 5.91 Å². The number of amides is 1. The Kier molecular flexibility index (Phi) is 5.20. The van der Waals surface area contributed by atoms with Gasteiger partial charge in [-0.05, 0) is 36.4 Å². The number of methoxy groups -OCH3 is 1. The Morgan fingerprint density at radius 3 is 2.33 bits per heavy atom. The number of hydrogen-bond acceptors (Lipinski definition) is 3. The van der Waals surface area contributed by atoms with Crippen molar-refractivity contribution in [3.63, 3.8) is 0 Å². The topological polar surface area (TPSA) is 50.7 Å². The summed E-state index contributed by atoms with van der Waals surface area (Å²) in [5, 5.41) is 4.78. The Hall–Kier alpha value is -2.04. The predicted molar refractivity (Wildman–Crippen MR) is 84.5 cm³/mol. The van der Waals surface area contributed by atoms with E-state index < -0.39 is 0 Å². The molecule has 2 aromatic rings. The average Bonchev–Trinajstić information content (AvgIpc) is 2.50. The van der Waals surface area contributed by atoms with Gasteiger partial charge >= 0.3 is 0 Å². The molecule has 0 fully saturated rings. The molecule has 0 unspecified atom stereocenters. The minimum absolute atomic E-state index is 0.336. The third kappa shape index (κ3) is 3.97. The number of nitrogens with one attached hydrogen (secondary N) is 1. The minimum Gasteiger partial charge on any atom is -0.497 e. The van der Waals surface area contributed by atoms with Gasteiger partial charge in [-0.15, -0.1) is 0 Å². The second-order valence-corrected chi connectivity index (χ2v) is 4.88. The Labute approximate surface area is 132 Å². The average molecular weight is 323 g/mol. The number of hydrogen-bond donors (Lipinski definition) is 1. The van der Waals surface area contributed by atoms with E-state index in [0.29, 0.717) is 26.9 Å². The number of ether oxygens (including phenoxy) is 1. The van der Waals surface area contributed by atoms with E-state index in [1.54, 1.807) is 49.6 Å². The summed E-state index contributed by atoms with van der Waals surface area (Å²) in [5.41, 5.74) is 3.43. The first-order valence-electron chi connectivity index (χ1n) is 6.03. The monoisotopic (exact) mass is 322 g/mol. The normalized spacial score (nSPS) is 10.6. The summed E-state index contributed by atoms with van der Waals surface area (Å²) in [7, 11) is 1.56. The number of carbonyl (C=O) groups excluding carboxylic acids is 1. The van der Waals surface area contributed by atoms with Crippen LogP contribution in [0.5, 0.6) is 5.75 Å². The van der Waals surface area contributed by atoms with E-state index in [9.17, 15) is 4.79 Å². The van der Waals surface area contributed by atoms with Gasteiger partial charge < -0.3 is 4.74 Å². The third-order valence-electron chi connectivity index (χ3n) is 2.71. The molecule has 0 heterocycles. The molecule has 6 heteroatoms. The lowest BCUT2D eigenvalue weighted by Gasteiger charge is -2.03. The number of hydrazone groups is 1. The van der Waals surface area contributed by atoms with Crippen LogP contribution in [0, 0.1) is 0 Å². The number of nitrogens with zero attached hydrogens (tertiary/aromatic N) is 1. The molecule has 2 aromatic carbocycles. The highest BCUT2D eigenvalue weighted by Gasteiger charge is 2.05. The lowest BCUT2D eigenvalue weighted by Crippen LogP contribution is -2.17. The summed E-state index contributed by atoms with van der Waals surface area (Å²) in [6, 6.07) is 11.8. The van der Waals surface area contributed by atoms with Gasteiger partial charge in [-0.25, -0.2) is 5.43 Å². The largest absolute Gasteiger partial charge is 0.497 e. The van der Waals surface area contributed by atoms with Crippen molar-refractivity contribution < 1.29 is 9.53 Å². The second kappa shape index (κ2) is 7.11. The quantitative estimate of drug-likeness (QED) is 0.688. The van der Waals surface area contributed by atoms with Crippen LogP contribution in [-0.4, -0.2) is 19.2 Å². The van der Waals surface area contributed by atoms with Gasteiger partial charge in [-0.1, -0.05) is 29.3 Å². The third-order valence-corrected chi connectivity index (χ3v) is 3.37. The molecule has 0 saturated heterocycles. The van der Waals surface area contributed by atoms with Crippen molar-refractivity contribution in [2.75, 3.05) is 7.11 Å². The van der Waals surface area contributed by atoms with E-state index in [2.05, 4.69) is 10.5 Å². The fraction of sp³-hybridized carbons (Fsp3) is 0.0667. The molecule has 0 spiro atoms. The summed E-state index contributed by atoms with van der Waals surface area (Å²) in [6.45, 7) is 0. The molecule has 0 atom stereocenters. The molecule has 1 amide bonds. The van der Waals surface area contributed by atoms with Crippen LogP contribution in [0.3, 0.4) is 0 Å². The van der Waals surface area contributed by atoms with E-state index in [4.69, 9.17) is 27.9 Å². The first-order chi connectivity index (χ1) is 10.1. The Balaban J connectivity index is 2.05. The lowest BCUT2D eigenvalue weighted by molar-refractivity contribution is 0.0955. The van der Waals surface area contributed by atoms with Crippen LogP contribution in [0.25, 0.3) is 0 Å². The van der Waals surface area contributed by atoms with Crippen LogP contribution in [0.1, 0.15) is 15.9 Å². The van der Waals surface area contributed by atoms with E-state index in [-0.39, 0.29) is 5.91 Å². The van der Waals surface area contributed by atoms with Crippen molar-refractivity contribution in [3.8, 4) is 5.75 Å². The molecular formula is C15H12Cl2N2O2. The Morgan fingerprint density at radius 1 is 1.14 bits per heavy atom. The molecule has 0 aliphatic carbocycles. The summed E-state index contributed by atoms with van der Waals surface area (Å²) in [4.78, 5) is 11.9. The fourth-order valence-corrected chi connectivity index (χ4v) is 2.09. The molecule has 0 radical (unpaired) electrons. The molecule has 4 nitrogen and oxygen atoms in total. The van der Waals surface area contributed by atoms with Crippen LogP contribution in [0.15, 0.2) is 47.6 Å². The number of carbonyl (C=O) groups is 1. The van der Waals surface area contributed by atoms with Crippen molar-refractivity contribution in [2.24, 2.45) is 5.10 Å². The van der Waals surface area contributed by atoms with Crippen molar-refractivity contribution >= 4 is 35.3 Å². The minimum atomic E-state index is -0.336. The highest BCUT2D eigenvalue weighted by atomic mass is 35.5. The lowest BCUT2D eigenvalue weighted by atomic mass is 10.2. The highest BCUT2D eigenvalue weighted by Crippen LogP contribution is 2.22. The zero-order valence-electron chi connectivity index (χ0n) is 11.1. The molecule has 0 aliphatic heterocycles. The highest BCUT2D eigenvalue weighted by molar-refractivity contribution is 6.38. The molecule has 0 aromatic heterocycles. The molecule has 0 bridgehead atoms. The van der Waals surface area contributed by atoms with E-state index in [0.717, 1.165) is 0 Å². The molecule has 1 N–H and O–H groups in total. The summed E-state index contributed by atoms with van der Waals surface area (Å²) < 4.78 is 5.02. The molecule has 21 heavy (non-hydrogen) atoms. The van der Waals surface area contributed by atoms with Crippen molar-refractivity contribution in [2.45, 2.75) is 0 Å². The predicted octanol–water partition coefficient (Wildman–Crippen LogP) is 3.77. The summed E-state index contributed by atoms with van der Waals surface area (Å²) in [5.74, 6) is 0.343. The molecule has 108 valence electrons. The molecule has 0 saturated carbocycles. The fourth-order valence-electron chi connectivity index (χ4n) is 1.60. The van der Waals surface area contributed by atoms with Crippen molar-refractivity contribution in [1.82, 2.24) is 5.43 Å². The van der Waals surface area contributed by atoms with Crippen LogP contribution in [0.2, 0.25) is 10.0 Å². The number of benzene rings is 2. The van der Waals surface area contributed by atoms with Crippen LogP contribution < -0.4 is 10.2 Å². The summed E-state index contributed by atoms with van der Waals surface area (Å²) in [6.07, 6.45) is 1.41. The van der Waals surface area contributed by atoms with Gasteiger partial charge in [0.1, 0.15) is 5.75 Å². The zero-order chi connectivity index (χ0) is 15.2. The smallest absolute Gasteiger partial charge is 0.271 e. The van der Waals surface area contributed by atoms with Crippen molar-refractivity contribution in [1.29, 1.82) is 0 Å². The molecule has 0 aliphatic rings. The first kappa shape index (κ1) is 15.4. The molecule has 2 rings (SSSR count). The summed E-state index contributed by atoms with van der Waals surface area (Å²) >= 11 is 12.0. The SMILES string of the molecule is COc1ccc(C(=O)N/N=C\c2c(Cl)cccc2Cl)cc1. The number of rotatable bonds is 4. The molecular weight excluding hydrogens is 311 g/mol. The maximum atomic E-state index is 11.9. The van der Waals surface area contributed by atoms with E-state index >= 15 is 0 Å². The van der Waals surface area contributed by atoms with Gasteiger partial charge in [0.15, 0.2) is 0 Å². The van der Waals surface area contributed by atoms with E-state index in [1.165, 1.54) is 6.21 Å². The maximum Gasteiger partial charge on any atom is 0.271 e. The maximum absolute atomic E-state index is 11.9. The Morgan fingerprint density at radius 2 is 1.76 bits per heavy atom. The van der Waals surface area contributed by atoms with Gasteiger partial charge in [0.05, 0.1) is 23.4 Å². The van der Waals surface area contributed by atoms with Crippen LogP contribution in [0.4, 0.5) is 0 Å².